The van der Waals surface area contributed by atoms with Crippen molar-refractivity contribution in [2.75, 3.05) is 5.32 Å². The van der Waals surface area contributed by atoms with Crippen molar-refractivity contribution in [1.29, 1.82) is 0 Å². The molecule has 2 aliphatic carbocycles. The maximum absolute atomic E-state index is 4.38. The molecule has 4 rings (SSSR count). The van der Waals surface area contributed by atoms with E-state index in [0.29, 0.717) is 11.7 Å². The molecule has 1 N–H and O–H groups in total. The van der Waals surface area contributed by atoms with Gasteiger partial charge in [0.15, 0.2) is 5.65 Å². The monoisotopic (exact) mass is 258 g/mol. The first-order valence-electron chi connectivity index (χ1n) is 7.11. The Hall–Kier alpha value is -1.72. The lowest BCUT2D eigenvalue weighted by molar-refractivity contribution is 0.303. The average molecular weight is 258 g/mol. The molecule has 2 bridgehead atoms. The second-order valence-electron chi connectivity index (χ2n) is 6.02. The molecule has 4 atom stereocenters. The summed E-state index contributed by atoms with van der Waals surface area (Å²) < 4.78 is 1.47. The van der Waals surface area contributed by atoms with Gasteiger partial charge in [-0.15, -0.1) is 14.8 Å². The highest BCUT2D eigenvalue weighted by atomic mass is 15.6. The van der Waals surface area contributed by atoms with Gasteiger partial charge >= 0.3 is 0 Å². The van der Waals surface area contributed by atoms with Crippen molar-refractivity contribution in [3.05, 3.63) is 12.1 Å². The van der Waals surface area contributed by atoms with E-state index in [1.807, 2.05) is 12.1 Å². The Labute approximate surface area is 111 Å². The van der Waals surface area contributed by atoms with E-state index in [-0.39, 0.29) is 0 Å². The summed E-state index contributed by atoms with van der Waals surface area (Å²) in [5.41, 5.74) is 0.679. The fraction of sp³-hybridized carbons (Fsp3) is 0.692. The molecule has 0 spiro atoms. The molecule has 0 unspecified atom stereocenters. The second kappa shape index (κ2) is 4.15. The third-order valence-electron chi connectivity index (χ3n) is 4.88. The van der Waals surface area contributed by atoms with Crippen LogP contribution in [0.1, 0.15) is 32.6 Å². The minimum atomic E-state index is 0.469. The quantitative estimate of drug-likeness (QED) is 0.908. The van der Waals surface area contributed by atoms with Crippen LogP contribution in [0.4, 0.5) is 5.82 Å². The largest absolute Gasteiger partial charge is 0.366 e. The molecule has 2 aromatic heterocycles. The van der Waals surface area contributed by atoms with E-state index in [0.717, 1.165) is 23.6 Å². The third-order valence-corrected chi connectivity index (χ3v) is 4.88. The van der Waals surface area contributed by atoms with E-state index in [1.165, 1.54) is 30.3 Å². The molecule has 2 fully saturated rings. The van der Waals surface area contributed by atoms with Crippen LogP contribution < -0.4 is 5.32 Å². The topological polar surface area (TPSA) is 68.0 Å². The van der Waals surface area contributed by atoms with Crippen molar-refractivity contribution in [2.45, 2.75) is 38.6 Å². The second-order valence-corrected chi connectivity index (χ2v) is 6.02. The first kappa shape index (κ1) is 11.1. The van der Waals surface area contributed by atoms with E-state index in [1.54, 1.807) is 0 Å². The first-order valence-corrected chi connectivity index (χ1v) is 7.11. The molecule has 19 heavy (non-hydrogen) atoms. The Morgan fingerprint density at radius 3 is 3.05 bits per heavy atom. The molecule has 0 aromatic carbocycles. The molecule has 0 amide bonds. The zero-order valence-electron chi connectivity index (χ0n) is 11.0. The zero-order valence-corrected chi connectivity index (χ0v) is 11.0. The fourth-order valence-corrected chi connectivity index (χ4v) is 3.97. The molecule has 2 saturated carbocycles. The first-order chi connectivity index (χ1) is 9.29. The van der Waals surface area contributed by atoms with Gasteiger partial charge in [0.05, 0.1) is 0 Å². The number of hydrogen-bond donors (Lipinski definition) is 1. The summed E-state index contributed by atoms with van der Waals surface area (Å²) in [6.07, 6.45) is 5.69. The molecule has 0 aliphatic heterocycles. The predicted molar refractivity (Wildman–Crippen MR) is 70.6 cm³/mol. The minimum Gasteiger partial charge on any atom is -0.366 e. The number of fused-ring (bicyclic) bond motifs is 3. The van der Waals surface area contributed by atoms with Gasteiger partial charge in [0, 0.05) is 6.04 Å². The Bertz CT molecular complexity index is 594. The van der Waals surface area contributed by atoms with Crippen LogP contribution in [-0.2, 0) is 0 Å². The summed E-state index contributed by atoms with van der Waals surface area (Å²) in [4.78, 5) is 0. The SMILES string of the molecule is C[C@@H](Nc1ccc2nnnn2n1)[C@H]1C[C@H]2CC[C@H]1C2. The normalized spacial score (nSPS) is 30.9. The summed E-state index contributed by atoms with van der Waals surface area (Å²) >= 11 is 0. The Morgan fingerprint density at radius 1 is 1.32 bits per heavy atom. The highest BCUT2D eigenvalue weighted by molar-refractivity contribution is 5.42. The number of tetrazole rings is 1. The minimum absolute atomic E-state index is 0.469. The summed E-state index contributed by atoms with van der Waals surface area (Å²) in [6.45, 7) is 2.27. The van der Waals surface area contributed by atoms with Gasteiger partial charge in [0.1, 0.15) is 5.82 Å². The van der Waals surface area contributed by atoms with Crippen LogP contribution >= 0.6 is 0 Å². The van der Waals surface area contributed by atoms with Crippen LogP contribution in [0.25, 0.3) is 5.65 Å². The van der Waals surface area contributed by atoms with Gasteiger partial charge in [-0.3, -0.25) is 0 Å². The lowest BCUT2D eigenvalue weighted by Crippen LogP contribution is -2.30. The number of nitrogens with one attached hydrogen (secondary N) is 1. The third kappa shape index (κ3) is 1.86. The molecular formula is C13H18N6. The van der Waals surface area contributed by atoms with Crippen molar-refractivity contribution in [1.82, 2.24) is 25.3 Å². The summed E-state index contributed by atoms with van der Waals surface area (Å²) in [5, 5.41) is 19.2. The van der Waals surface area contributed by atoms with Crippen LogP contribution in [0.15, 0.2) is 12.1 Å². The van der Waals surface area contributed by atoms with Gasteiger partial charge in [0.2, 0.25) is 0 Å². The van der Waals surface area contributed by atoms with Crippen molar-refractivity contribution in [2.24, 2.45) is 17.8 Å². The van der Waals surface area contributed by atoms with E-state index in [9.17, 15) is 0 Å². The lowest BCUT2D eigenvalue weighted by atomic mass is 9.84. The zero-order chi connectivity index (χ0) is 12.8. The van der Waals surface area contributed by atoms with Crippen molar-refractivity contribution in [3.63, 3.8) is 0 Å². The molecule has 0 radical (unpaired) electrons. The van der Waals surface area contributed by atoms with Crippen LogP contribution in [-0.4, -0.2) is 31.3 Å². The number of anilines is 1. The van der Waals surface area contributed by atoms with Crippen LogP contribution in [0.2, 0.25) is 0 Å². The molecule has 6 nitrogen and oxygen atoms in total. The maximum Gasteiger partial charge on any atom is 0.200 e. The van der Waals surface area contributed by atoms with Crippen LogP contribution in [0, 0.1) is 17.8 Å². The van der Waals surface area contributed by atoms with Gasteiger partial charge in [-0.05, 0) is 66.5 Å². The summed E-state index contributed by atoms with van der Waals surface area (Å²) in [7, 11) is 0. The van der Waals surface area contributed by atoms with E-state index < -0.39 is 0 Å². The van der Waals surface area contributed by atoms with Gasteiger partial charge in [-0.2, -0.15) is 0 Å². The van der Waals surface area contributed by atoms with Gasteiger partial charge in [0.25, 0.3) is 0 Å². The summed E-state index contributed by atoms with van der Waals surface area (Å²) in [6, 6.07) is 4.31. The van der Waals surface area contributed by atoms with Crippen molar-refractivity contribution < 1.29 is 0 Å². The van der Waals surface area contributed by atoms with Gasteiger partial charge in [-0.1, -0.05) is 6.42 Å². The van der Waals surface area contributed by atoms with Gasteiger partial charge < -0.3 is 5.32 Å². The van der Waals surface area contributed by atoms with Crippen molar-refractivity contribution >= 4 is 11.5 Å². The predicted octanol–water partition coefficient (Wildman–Crippen LogP) is 1.76. The highest BCUT2D eigenvalue weighted by Gasteiger charge is 2.41. The van der Waals surface area contributed by atoms with E-state index in [4.69, 9.17) is 0 Å². The standard InChI is InChI=1S/C13H18N6/c1-8(11-7-9-2-3-10(11)6-9)14-12-4-5-13-15-17-18-19(13)16-12/h4-5,8-11H,2-3,6-7H2,1H3,(H,14,16)/t8-,9+,10+,11-/m1/s1. The number of rotatable bonds is 3. The average Bonchev–Trinajstić information content (AvgIpc) is 3.13. The molecule has 2 aromatic rings. The maximum atomic E-state index is 4.38. The van der Waals surface area contributed by atoms with Crippen molar-refractivity contribution in [3.8, 4) is 0 Å². The molecule has 0 saturated heterocycles. The molecule has 2 aliphatic rings. The highest BCUT2D eigenvalue weighted by Crippen LogP contribution is 2.49. The Morgan fingerprint density at radius 2 is 2.26 bits per heavy atom. The molecule has 2 heterocycles. The summed E-state index contributed by atoms with van der Waals surface area (Å²) in [5.74, 6) is 3.55. The lowest BCUT2D eigenvalue weighted by Gasteiger charge is -2.28. The molecular weight excluding hydrogens is 240 g/mol. The Kier molecular flexibility index (Phi) is 2.43. The number of hydrogen-bond acceptors (Lipinski definition) is 5. The number of aromatic nitrogens is 5. The van der Waals surface area contributed by atoms with Gasteiger partial charge in [-0.25, -0.2) is 0 Å². The van der Waals surface area contributed by atoms with E-state index in [2.05, 4.69) is 32.9 Å². The number of nitrogens with zero attached hydrogens (tertiary/aromatic N) is 5. The smallest absolute Gasteiger partial charge is 0.200 e. The molecule has 100 valence electrons. The Balaban J connectivity index is 1.50. The van der Waals surface area contributed by atoms with E-state index >= 15 is 0 Å². The van der Waals surface area contributed by atoms with Crippen LogP contribution in [0.3, 0.4) is 0 Å². The molecule has 6 heteroatoms. The fourth-order valence-electron chi connectivity index (χ4n) is 3.97. The van der Waals surface area contributed by atoms with Crippen LogP contribution in [0.5, 0.6) is 0 Å².